The molecule has 0 N–H and O–H groups in total. The van der Waals surface area contributed by atoms with Crippen LogP contribution in [0.25, 0.3) is 17.0 Å². The van der Waals surface area contributed by atoms with Crippen molar-refractivity contribution in [2.45, 2.75) is 51.3 Å². The zero-order valence-corrected chi connectivity index (χ0v) is 28.3. The molecule has 6 rings (SSSR count). The molecular formula is C35H32BrN3O3S2. The fraction of sp³-hybridized carbons (Fsp3) is 0.229. The Hall–Kier alpha value is -3.66. The van der Waals surface area contributed by atoms with Crippen molar-refractivity contribution >= 4 is 62.0 Å². The van der Waals surface area contributed by atoms with Crippen molar-refractivity contribution in [2.24, 2.45) is 4.99 Å². The van der Waals surface area contributed by atoms with Crippen molar-refractivity contribution in [1.82, 2.24) is 9.13 Å². The maximum Gasteiger partial charge on any atom is 0.338 e. The molecule has 0 radical (unpaired) electrons. The van der Waals surface area contributed by atoms with Gasteiger partial charge in [0.25, 0.3) is 5.56 Å². The summed E-state index contributed by atoms with van der Waals surface area (Å²) < 4.78 is 11.2. The van der Waals surface area contributed by atoms with E-state index in [4.69, 9.17) is 9.73 Å². The molecule has 1 aliphatic heterocycles. The van der Waals surface area contributed by atoms with E-state index in [0.717, 1.165) is 37.1 Å². The zero-order chi connectivity index (χ0) is 31.1. The van der Waals surface area contributed by atoms with Crippen LogP contribution in [0.15, 0.2) is 103 Å². The summed E-state index contributed by atoms with van der Waals surface area (Å²) in [7, 11) is 0. The van der Waals surface area contributed by atoms with E-state index in [9.17, 15) is 9.59 Å². The smallest absolute Gasteiger partial charge is 0.338 e. The van der Waals surface area contributed by atoms with E-state index >= 15 is 0 Å². The average molecular weight is 687 g/mol. The van der Waals surface area contributed by atoms with Gasteiger partial charge >= 0.3 is 5.97 Å². The molecule has 0 saturated carbocycles. The lowest BCUT2D eigenvalue weighted by molar-refractivity contribution is -0.143. The molecule has 0 saturated heterocycles. The molecule has 6 nitrogen and oxygen atoms in total. The number of carbonyl (C=O) groups is 1. The fourth-order valence-electron chi connectivity index (χ4n) is 5.71. The first-order valence-corrected chi connectivity index (χ1v) is 17.2. The van der Waals surface area contributed by atoms with Crippen molar-refractivity contribution in [1.29, 1.82) is 0 Å². The highest BCUT2D eigenvalue weighted by atomic mass is 79.9. The molecule has 2 aromatic heterocycles. The molecule has 9 heteroatoms. The molecular weight excluding hydrogens is 654 g/mol. The number of thiazole rings is 1. The number of benzene rings is 3. The maximum atomic E-state index is 14.3. The summed E-state index contributed by atoms with van der Waals surface area (Å²) in [4.78, 5) is 34.2. The molecule has 0 bridgehead atoms. The number of hydrogen-bond donors (Lipinski definition) is 0. The van der Waals surface area contributed by atoms with Crippen molar-refractivity contribution in [2.75, 3.05) is 6.26 Å². The number of ether oxygens (including phenoxy) is 1. The molecule has 224 valence electrons. The number of fused-ring (bicyclic) bond motifs is 2. The number of halogens is 1. The summed E-state index contributed by atoms with van der Waals surface area (Å²) in [5, 5.41) is 1.08. The molecule has 0 aliphatic carbocycles. The van der Waals surface area contributed by atoms with Crippen molar-refractivity contribution in [3.63, 3.8) is 0 Å². The van der Waals surface area contributed by atoms with E-state index < -0.39 is 12.0 Å². The quantitative estimate of drug-likeness (QED) is 0.137. The minimum absolute atomic E-state index is 0.181. The third kappa shape index (κ3) is 5.64. The van der Waals surface area contributed by atoms with Crippen molar-refractivity contribution in [3.8, 4) is 0 Å². The maximum absolute atomic E-state index is 14.3. The van der Waals surface area contributed by atoms with Crippen LogP contribution in [-0.2, 0) is 16.1 Å². The second kappa shape index (κ2) is 12.4. The van der Waals surface area contributed by atoms with Crippen LogP contribution in [0.5, 0.6) is 0 Å². The molecule has 0 unspecified atom stereocenters. The van der Waals surface area contributed by atoms with Crippen LogP contribution >= 0.6 is 39.0 Å². The first-order valence-electron chi connectivity index (χ1n) is 14.4. The fourth-order valence-corrected chi connectivity index (χ4v) is 7.41. The summed E-state index contributed by atoms with van der Waals surface area (Å²) in [5.41, 5.74) is 5.96. The van der Waals surface area contributed by atoms with E-state index in [1.165, 1.54) is 16.9 Å². The normalized spacial score (nSPS) is 15.2. The number of rotatable bonds is 7. The molecule has 1 aliphatic rings. The number of para-hydroxylation sites is 1. The summed E-state index contributed by atoms with van der Waals surface area (Å²) in [6.45, 7) is 8.27. The third-order valence-corrected chi connectivity index (χ3v) is 10.1. The number of carbonyl (C=O) groups excluding carboxylic acids is 1. The minimum Gasteiger partial charge on any atom is -0.459 e. The van der Waals surface area contributed by atoms with Gasteiger partial charge in [-0.05, 0) is 81.5 Å². The first-order chi connectivity index (χ1) is 21.2. The minimum atomic E-state index is -0.643. The Morgan fingerprint density at radius 2 is 1.77 bits per heavy atom. The Balaban J connectivity index is 1.53. The number of esters is 1. The molecule has 0 fully saturated rings. The number of aromatic nitrogens is 2. The van der Waals surface area contributed by atoms with E-state index in [1.807, 2.05) is 69.5 Å². The van der Waals surface area contributed by atoms with E-state index in [-0.39, 0.29) is 11.7 Å². The standard InChI is InChI=1S/C35H32BrN3O3S2/c1-20(2)42-34(41)31-21(3)37-35-39(32(31)24-12-16-26(43-5)17-13-24)33(40)30(44-35)18-28-22(4)38(29-9-7-6-8-27(28)29)19-23-10-14-25(36)15-11-23/h6-18,20,32H,19H2,1-5H3/b30-18-/t32-/m0/s1. The van der Waals surface area contributed by atoms with Crippen molar-refractivity contribution in [3.05, 3.63) is 131 Å². The lowest BCUT2D eigenvalue weighted by Crippen LogP contribution is -2.40. The van der Waals surface area contributed by atoms with Gasteiger partial charge in [-0.3, -0.25) is 9.36 Å². The second-order valence-corrected chi connectivity index (χ2v) is 13.8. The number of thioether (sulfide) groups is 1. The number of allylic oxidation sites excluding steroid dienone is 1. The summed E-state index contributed by atoms with van der Waals surface area (Å²) >= 11 is 6.52. The Labute approximate surface area is 272 Å². The number of hydrogen-bond acceptors (Lipinski definition) is 6. The summed E-state index contributed by atoms with van der Waals surface area (Å²) in [6, 6.07) is 24.0. The van der Waals surface area contributed by atoms with Gasteiger partial charge in [0.2, 0.25) is 0 Å². The monoisotopic (exact) mass is 685 g/mol. The van der Waals surface area contributed by atoms with Crippen LogP contribution in [0.1, 0.15) is 49.2 Å². The average Bonchev–Trinajstić information content (AvgIpc) is 3.45. The largest absolute Gasteiger partial charge is 0.459 e. The lowest BCUT2D eigenvalue weighted by Gasteiger charge is -2.25. The Morgan fingerprint density at radius 1 is 1.07 bits per heavy atom. The molecule has 44 heavy (non-hydrogen) atoms. The first kappa shape index (κ1) is 30.4. The van der Waals surface area contributed by atoms with Gasteiger partial charge in [-0.1, -0.05) is 69.7 Å². The van der Waals surface area contributed by atoms with Gasteiger partial charge in [0.15, 0.2) is 4.80 Å². The Morgan fingerprint density at radius 3 is 2.45 bits per heavy atom. The molecule has 0 amide bonds. The Bertz CT molecular complexity index is 2100. The van der Waals surface area contributed by atoms with Crippen molar-refractivity contribution < 1.29 is 9.53 Å². The molecule has 5 aromatic rings. The van der Waals surface area contributed by atoms with Gasteiger partial charge < -0.3 is 9.30 Å². The highest BCUT2D eigenvalue weighted by Gasteiger charge is 2.34. The van der Waals surface area contributed by atoms with Crippen LogP contribution in [0.4, 0.5) is 0 Å². The predicted molar refractivity (Wildman–Crippen MR) is 183 cm³/mol. The zero-order valence-electron chi connectivity index (χ0n) is 25.1. The summed E-state index contributed by atoms with van der Waals surface area (Å²) in [6.07, 6.45) is 3.70. The van der Waals surface area contributed by atoms with E-state index in [1.54, 1.807) is 16.3 Å². The van der Waals surface area contributed by atoms with Gasteiger partial charge in [-0.25, -0.2) is 9.79 Å². The Kier molecular flexibility index (Phi) is 8.55. The van der Waals surface area contributed by atoms with Crippen LogP contribution in [0, 0.1) is 6.92 Å². The predicted octanol–water partition coefficient (Wildman–Crippen LogP) is 6.98. The van der Waals surface area contributed by atoms with Gasteiger partial charge in [0.1, 0.15) is 0 Å². The molecule has 3 heterocycles. The molecule has 1 atom stereocenters. The van der Waals surface area contributed by atoms with Crippen LogP contribution in [-0.4, -0.2) is 27.5 Å². The summed E-state index contributed by atoms with van der Waals surface area (Å²) in [5.74, 6) is -0.457. The van der Waals surface area contributed by atoms with Gasteiger partial charge in [0.05, 0.1) is 27.9 Å². The van der Waals surface area contributed by atoms with Gasteiger partial charge in [-0.2, -0.15) is 0 Å². The number of nitrogens with zero attached hydrogens (tertiary/aromatic N) is 3. The third-order valence-electron chi connectivity index (χ3n) is 7.82. The van der Waals surface area contributed by atoms with E-state index in [0.29, 0.717) is 27.1 Å². The highest BCUT2D eigenvalue weighted by Crippen LogP contribution is 2.32. The van der Waals surface area contributed by atoms with Crippen LogP contribution in [0.2, 0.25) is 0 Å². The lowest BCUT2D eigenvalue weighted by atomic mass is 9.96. The van der Waals surface area contributed by atoms with Gasteiger partial charge in [0, 0.05) is 38.1 Å². The molecule has 3 aromatic carbocycles. The van der Waals surface area contributed by atoms with Gasteiger partial charge in [-0.15, -0.1) is 11.8 Å². The second-order valence-electron chi connectivity index (χ2n) is 11.0. The van der Waals surface area contributed by atoms with Crippen LogP contribution in [0.3, 0.4) is 0 Å². The van der Waals surface area contributed by atoms with E-state index in [2.05, 4.69) is 63.8 Å². The molecule has 0 spiro atoms. The SMILES string of the molecule is CSc1ccc([C@H]2C(C(=O)OC(C)C)=C(C)N=c3s/c(=C\c4c(C)n(Cc5ccc(Br)cc5)c5ccccc45)c(=O)n32)cc1. The van der Waals surface area contributed by atoms with Crippen LogP contribution < -0.4 is 14.9 Å². The highest BCUT2D eigenvalue weighted by molar-refractivity contribution is 9.10. The topological polar surface area (TPSA) is 65.6 Å².